The minimum Gasteiger partial charge on any atom is -0.489 e. The number of nitrogens with two attached hydrogens (primary N) is 1. The molecular formula is C31H44N6O6S. The number of carboxylic acids is 1. The van der Waals surface area contributed by atoms with Gasteiger partial charge in [-0.05, 0) is 37.2 Å². The fourth-order valence-electron chi connectivity index (χ4n) is 3.90. The summed E-state index contributed by atoms with van der Waals surface area (Å²) in [6.45, 7) is 10.4. The van der Waals surface area contributed by atoms with Crippen LogP contribution in [0.5, 0.6) is 5.75 Å². The molecule has 2 aromatic carbocycles. The molecule has 0 fully saturated rings. The van der Waals surface area contributed by atoms with E-state index in [-0.39, 0.29) is 24.7 Å². The number of carbonyl (C=O) groups is 2. The topological polar surface area (TPSA) is 161 Å². The third-order valence-corrected chi connectivity index (χ3v) is 6.81. The maximum atomic E-state index is 13.3. The molecule has 1 amide bonds. The lowest BCUT2D eigenvalue weighted by atomic mass is 10.1. The summed E-state index contributed by atoms with van der Waals surface area (Å²) in [7, 11) is 1.82. The molecule has 0 saturated heterocycles. The fourth-order valence-corrected chi connectivity index (χ4v) is 4.80. The molecule has 0 saturated carbocycles. The Balaban J connectivity index is 0.00000162. The lowest BCUT2D eigenvalue weighted by Gasteiger charge is -2.19. The number of hydrogen-bond donors (Lipinski definition) is 4. The van der Waals surface area contributed by atoms with Gasteiger partial charge in [0, 0.05) is 29.1 Å². The van der Waals surface area contributed by atoms with Crippen molar-refractivity contribution in [2.45, 2.75) is 39.1 Å². The molecule has 0 atom stereocenters. The van der Waals surface area contributed by atoms with E-state index in [9.17, 15) is 14.7 Å². The molecule has 0 spiro atoms. The summed E-state index contributed by atoms with van der Waals surface area (Å²) in [4.78, 5) is 34.2. The van der Waals surface area contributed by atoms with Crippen molar-refractivity contribution in [1.82, 2.24) is 19.6 Å². The molecule has 44 heavy (non-hydrogen) atoms. The van der Waals surface area contributed by atoms with Gasteiger partial charge in [-0.1, -0.05) is 52.0 Å². The average molecular weight is 629 g/mol. The van der Waals surface area contributed by atoms with Gasteiger partial charge in [0.05, 0.1) is 44.0 Å². The van der Waals surface area contributed by atoms with Crippen LogP contribution in [0.25, 0.3) is 11.3 Å². The zero-order valence-electron chi connectivity index (χ0n) is 26.1. The molecule has 3 aromatic rings. The van der Waals surface area contributed by atoms with Crippen molar-refractivity contribution in [3.8, 4) is 17.0 Å². The maximum Gasteiger partial charge on any atom is 0.318 e. The van der Waals surface area contributed by atoms with Gasteiger partial charge in [-0.25, -0.2) is 14.3 Å². The number of nitrogen functional groups attached to an aromatic ring is 1. The highest BCUT2D eigenvalue weighted by Crippen LogP contribution is 2.30. The Morgan fingerprint density at radius 2 is 1.73 bits per heavy atom. The zero-order valence-corrected chi connectivity index (χ0v) is 26.9. The largest absolute Gasteiger partial charge is 0.489 e. The quantitative estimate of drug-likeness (QED) is 0.236. The summed E-state index contributed by atoms with van der Waals surface area (Å²) in [5.74, 6) is -0.945. The lowest BCUT2D eigenvalue weighted by Crippen LogP contribution is -2.27. The van der Waals surface area contributed by atoms with Crippen LogP contribution in [0.2, 0.25) is 0 Å². The van der Waals surface area contributed by atoms with Crippen molar-refractivity contribution < 1.29 is 28.9 Å². The number of aromatic nitrogens is 2. The van der Waals surface area contributed by atoms with Crippen LogP contribution in [-0.4, -0.2) is 84.4 Å². The second-order valence-electron chi connectivity index (χ2n) is 8.71. The van der Waals surface area contributed by atoms with Crippen LogP contribution >= 0.6 is 11.9 Å². The lowest BCUT2D eigenvalue weighted by molar-refractivity contribution is -0.137. The van der Waals surface area contributed by atoms with Crippen molar-refractivity contribution in [1.29, 1.82) is 0 Å². The molecule has 0 aliphatic carbocycles. The van der Waals surface area contributed by atoms with E-state index in [1.807, 2.05) is 71.1 Å². The molecule has 12 nitrogen and oxygen atoms in total. The Kier molecular flexibility index (Phi) is 16.8. The molecular weight excluding hydrogens is 584 g/mol. The van der Waals surface area contributed by atoms with E-state index < -0.39 is 11.9 Å². The first kappa shape index (κ1) is 36.4. The van der Waals surface area contributed by atoms with Crippen LogP contribution in [0.3, 0.4) is 0 Å². The van der Waals surface area contributed by atoms with Crippen LogP contribution in [0.1, 0.15) is 43.7 Å². The van der Waals surface area contributed by atoms with Crippen molar-refractivity contribution in [3.05, 3.63) is 59.9 Å². The van der Waals surface area contributed by atoms with Gasteiger partial charge >= 0.3 is 5.97 Å². The van der Waals surface area contributed by atoms with Gasteiger partial charge in [-0.3, -0.25) is 9.59 Å². The van der Waals surface area contributed by atoms with Crippen LogP contribution in [0.4, 0.5) is 11.5 Å². The van der Waals surface area contributed by atoms with E-state index >= 15 is 0 Å². The molecule has 5 N–H and O–H groups in total. The van der Waals surface area contributed by atoms with Crippen molar-refractivity contribution in [3.63, 3.8) is 0 Å². The second kappa shape index (κ2) is 20.3. The molecule has 240 valence electrons. The standard InChI is InChI=1S/C27H32N6O6S.2C2H6/c1-29-15-19-3-2-4-21-25(19)39-14-13-38-12-11-37-10-9-33(17-23(34)35)40-20-7-5-18(6-8-20)22-16-30-26(28)24(31-22)27(36)32-21;2*1-2/h2-8,16,29H,9-15,17H2,1H3,(H2,28,30)(H,32,36)(H,34,35);2*1-2H3. The number of amides is 1. The third-order valence-electron chi connectivity index (χ3n) is 5.76. The van der Waals surface area contributed by atoms with Crippen LogP contribution in [0, 0.1) is 0 Å². The molecule has 3 heterocycles. The highest BCUT2D eigenvalue weighted by molar-refractivity contribution is 7.97. The number of rotatable bonds is 4. The van der Waals surface area contributed by atoms with Gasteiger partial charge in [-0.2, -0.15) is 0 Å². The highest BCUT2D eigenvalue weighted by atomic mass is 32.2. The first-order valence-electron chi connectivity index (χ1n) is 14.7. The Hall–Kier alpha value is -3.75. The van der Waals surface area contributed by atoms with Gasteiger partial charge in [0.25, 0.3) is 5.91 Å². The van der Waals surface area contributed by atoms with E-state index in [0.717, 1.165) is 16.0 Å². The summed E-state index contributed by atoms with van der Waals surface area (Å²) in [5.41, 5.74) is 8.55. The molecule has 4 bridgehead atoms. The first-order chi connectivity index (χ1) is 21.4. The summed E-state index contributed by atoms with van der Waals surface area (Å²) in [5, 5.41) is 15.3. The number of aliphatic carboxylic acids is 1. The van der Waals surface area contributed by atoms with Gasteiger partial charge in [0.2, 0.25) is 0 Å². The number of fused-ring (bicyclic) bond motifs is 13. The fraction of sp³-hybridized carbons (Fsp3) is 0.419. The van der Waals surface area contributed by atoms with Crippen molar-refractivity contribution in [2.24, 2.45) is 0 Å². The van der Waals surface area contributed by atoms with E-state index in [1.54, 1.807) is 10.4 Å². The third kappa shape index (κ3) is 11.4. The Morgan fingerprint density at radius 1 is 1.05 bits per heavy atom. The monoisotopic (exact) mass is 628 g/mol. The first-order valence-corrected chi connectivity index (χ1v) is 15.5. The van der Waals surface area contributed by atoms with Crippen LogP contribution in [-0.2, 0) is 20.8 Å². The van der Waals surface area contributed by atoms with Crippen molar-refractivity contribution >= 4 is 35.3 Å². The summed E-state index contributed by atoms with van der Waals surface area (Å²) >= 11 is 1.32. The Labute approximate surface area is 263 Å². The van der Waals surface area contributed by atoms with Crippen molar-refractivity contribution in [2.75, 3.05) is 64.2 Å². The van der Waals surface area contributed by atoms with E-state index in [4.69, 9.17) is 19.9 Å². The predicted molar refractivity (Wildman–Crippen MR) is 174 cm³/mol. The van der Waals surface area contributed by atoms with Gasteiger partial charge in [0.1, 0.15) is 18.9 Å². The van der Waals surface area contributed by atoms with Gasteiger partial charge in [0.15, 0.2) is 11.5 Å². The SMILES string of the molecule is CC.CC.CNCc1cccc2c1OCCOCCOCCN(CC(=O)O)Sc1ccc(cc1)-c1cnc(N)c(n1)C(=O)N2. The number of nitrogens with one attached hydrogen (secondary N) is 2. The number of nitrogens with zero attached hydrogens (tertiary/aromatic N) is 3. The molecule has 1 aromatic heterocycles. The van der Waals surface area contributed by atoms with E-state index in [0.29, 0.717) is 56.6 Å². The normalized spacial score (nSPS) is 14.5. The number of carboxylic acid groups (broad SMARTS) is 1. The number of anilines is 2. The van der Waals surface area contributed by atoms with E-state index in [2.05, 4.69) is 20.6 Å². The Bertz CT molecular complexity index is 1310. The molecule has 13 heteroatoms. The summed E-state index contributed by atoms with van der Waals surface area (Å²) < 4.78 is 19.0. The Morgan fingerprint density at radius 3 is 2.41 bits per heavy atom. The van der Waals surface area contributed by atoms with Gasteiger partial charge < -0.3 is 35.7 Å². The predicted octanol–water partition coefficient (Wildman–Crippen LogP) is 4.57. The molecule has 0 unspecified atom stereocenters. The smallest absolute Gasteiger partial charge is 0.318 e. The molecule has 0 radical (unpaired) electrons. The number of ether oxygens (including phenoxy) is 3. The highest BCUT2D eigenvalue weighted by Gasteiger charge is 2.19. The number of benzene rings is 2. The van der Waals surface area contributed by atoms with Gasteiger partial charge in [-0.15, -0.1) is 0 Å². The second-order valence-corrected chi connectivity index (χ2v) is 9.88. The minimum absolute atomic E-state index is 0.00309. The molecule has 2 aliphatic heterocycles. The number of carbonyl (C=O) groups excluding carboxylic acids is 1. The summed E-state index contributed by atoms with van der Waals surface area (Å²) in [6, 6.07) is 12.8. The van der Waals surface area contributed by atoms with Crippen LogP contribution < -0.4 is 21.1 Å². The zero-order chi connectivity index (χ0) is 32.3. The number of para-hydroxylation sites is 1. The van der Waals surface area contributed by atoms with Crippen LogP contribution in [0.15, 0.2) is 53.6 Å². The average Bonchev–Trinajstić information content (AvgIpc) is 3.03. The minimum atomic E-state index is -0.934. The molecule has 5 rings (SSSR count). The summed E-state index contributed by atoms with van der Waals surface area (Å²) in [6.07, 6.45) is 1.50. The maximum absolute atomic E-state index is 13.3. The van der Waals surface area contributed by atoms with E-state index in [1.165, 1.54) is 18.1 Å². The molecule has 2 aliphatic rings. The number of hydrogen-bond acceptors (Lipinski definition) is 11.